The van der Waals surface area contributed by atoms with E-state index in [4.69, 9.17) is 9.47 Å². The van der Waals surface area contributed by atoms with Gasteiger partial charge in [0.15, 0.2) is 16.7 Å². The van der Waals surface area contributed by atoms with Gasteiger partial charge >= 0.3 is 6.16 Å². The summed E-state index contributed by atoms with van der Waals surface area (Å²) in [4.78, 5) is 30.9. The summed E-state index contributed by atoms with van der Waals surface area (Å²) >= 11 is 1.20. The number of nitrogens with zero attached hydrogens (tertiary/aromatic N) is 3. The average Bonchev–Trinajstić information content (AvgIpc) is 2.68. The summed E-state index contributed by atoms with van der Waals surface area (Å²) in [6, 6.07) is 6.47. The van der Waals surface area contributed by atoms with Crippen molar-refractivity contribution in [3.63, 3.8) is 0 Å². The molecule has 1 aromatic heterocycles. The lowest BCUT2D eigenvalue weighted by Gasteiger charge is -2.08. The maximum absolute atomic E-state index is 11.7. The molecule has 136 valence electrons. The van der Waals surface area contributed by atoms with Crippen LogP contribution in [0.1, 0.15) is 5.56 Å². The lowest BCUT2D eigenvalue weighted by Crippen LogP contribution is -2.19. The molecule has 1 aromatic carbocycles. The van der Waals surface area contributed by atoms with E-state index in [1.54, 1.807) is 30.6 Å². The SMILES string of the molecule is COC(=O)Oc1ccc(C=NNC(=O)CSc2ncccn2)cc1OC. The number of nitrogens with one attached hydrogen (secondary N) is 1. The van der Waals surface area contributed by atoms with Gasteiger partial charge in [-0.3, -0.25) is 4.79 Å². The highest BCUT2D eigenvalue weighted by Gasteiger charge is 2.10. The summed E-state index contributed by atoms with van der Waals surface area (Å²) in [6.45, 7) is 0. The summed E-state index contributed by atoms with van der Waals surface area (Å²) in [6.07, 6.45) is 3.79. The largest absolute Gasteiger partial charge is 0.513 e. The van der Waals surface area contributed by atoms with Crippen molar-refractivity contribution in [2.45, 2.75) is 5.16 Å². The first-order valence-electron chi connectivity index (χ1n) is 7.28. The van der Waals surface area contributed by atoms with Gasteiger partial charge in [0.05, 0.1) is 26.2 Å². The van der Waals surface area contributed by atoms with Crippen LogP contribution in [-0.4, -0.2) is 48.2 Å². The minimum Gasteiger partial charge on any atom is -0.493 e. The number of rotatable bonds is 7. The zero-order chi connectivity index (χ0) is 18.8. The molecule has 0 radical (unpaired) electrons. The molecule has 0 unspecified atom stereocenters. The fourth-order valence-corrected chi connectivity index (χ4v) is 2.28. The topological polar surface area (TPSA) is 112 Å². The Morgan fingerprint density at radius 2 is 2.00 bits per heavy atom. The van der Waals surface area contributed by atoms with Gasteiger partial charge in [0.2, 0.25) is 0 Å². The Labute approximate surface area is 153 Å². The fraction of sp³-hybridized carbons (Fsp3) is 0.188. The smallest absolute Gasteiger partial charge is 0.493 e. The molecule has 0 saturated heterocycles. The third-order valence-electron chi connectivity index (χ3n) is 2.82. The van der Waals surface area contributed by atoms with Crippen LogP contribution in [0.4, 0.5) is 4.79 Å². The van der Waals surface area contributed by atoms with Crippen LogP contribution in [0.25, 0.3) is 0 Å². The monoisotopic (exact) mass is 376 g/mol. The lowest BCUT2D eigenvalue weighted by molar-refractivity contribution is -0.118. The lowest BCUT2D eigenvalue weighted by atomic mass is 10.2. The first-order valence-corrected chi connectivity index (χ1v) is 8.26. The van der Waals surface area contributed by atoms with Crippen molar-refractivity contribution in [3.8, 4) is 11.5 Å². The second-order valence-electron chi connectivity index (χ2n) is 4.58. The Hall–Kier alpha value is -3.14. The number of hydrogen-bond donors (Lipinski definition) is 1. The Kier molecular flexibility index (Phi) is 7.37. The van der Waals surface area contributed by atoms with Crippen LogP contribution < -0.4 is 14.9 Å². The van der Waals surface area contributed by atoms with Crippen LogP contribution in [-0.2, 0) is 9.53 Å². The quantitative estimate of drug-likeness (QED) is 0.195. The molecule has 2 rings (SSSR count). The molecule has 0 atom stereocenters. The standard InChI is InChI=1S/C16H16N4O5S/c1-23-13-8-11(4-5-12(13)25-16(22)24-2)9-19-20-14(21)10-26-15-17-6-3-7-18-15/h3-9H,10H2,1-2H3,(H,20,21). The van der Waals surface area contributed by atoms with Gasteiger partial charge < -0.3 is 14.2 Å². The van der Waals surface area contributed by atoms with Crippen LogP contribution in [0.5, 0.6) is 11.5 Å². The number of carbonyl (C=O) groups is 2. The molecular formula is C16H16N4O5S. The number of amides is 1. The summed E-state index contributed by atoms with van der Waals surface area (Å²) in [5.41, 5.74) is 3.04. The summed E-state index contributed by atoms with van der Waals surface area (Å²) < 4.78 is 14.5. The molecule has 0 spiro atoms. The van der Waals surface area contributed by atoms with Crippen LogP contribution in [0.15, 0.2) is 46.9 Å². The van der Waals surface area contributed by atoms with Crippen molar-refractivity contribution in [3.05, 3.63) is 42.2 Å². The molecule has 0 aliphatic carbocycles. The first kappa shape index (κ1) is 19.2. The minimum atomic E-state index is -0.850. The molecule has 26 heavy (non-hydrogen) atoms. The van der Waals surface area contributed by atoms with Crippen molar-refractivity contribution in [1.29, 1.82) is 0 Å². The van der Waals surface area contributed by atoms with E-state index in [9.17, 15) is 9.59 Å². The summed E-state index contributed by atoms with van der Waals surface area (Å²) in [5.74, 6) is 0.370. The number of carbonyl (C=O) groups excluding carboxylic acids is 2. The molecule has 1 N–H and O–H groups in total. The number of hydrazone groups is 1. The van der Waals surface area contributed by atoms with Gasteiger partial charge in [-0.2, -0.15) is 5.10 Å². The fourth-order valence-electron chi connectivity index (χ4n) is 1.68. The van der Waals surface area contributed by atoms with E-state index in [1.165, 1.54) is 38.3 Å². The molecule has 0 aliphatic heterocycles. The van der Waals surface area contributed by atoms with Gasteiger partial charge in [-0.25, -0.2) is 20.2 Å². The molecule has 9 nitrogen and oxygen atoms in total. The van der Waals surface area contributed by atoms with Gasteiger partial charge in [-0.1, -0.05) is 11.8 Å². The average molecular weight is 376 g/mol. The molecule has 0 saturated carbocycles. The maximum Gasteiger partial charge on any atom is 0.513 e. The van der Waals surface area contributed by atoms with Gasteiger partial charge in [0.25, 0.3) is 5.91 Å². The van der Waals surface area contributed by atoms with Crippen molar-refractivity contribution in [1.82, 2.24) is 15.4 Å². The summed E-state index contributed by atoms with van der Waals surface area (Å²) in [7, 11) is 2.64. The Morgan fingerprint density at radius 1 is 1.23 bits per heavy atom. The molecule has 0 bridgehead atoms. The van der Waals surface area contributed by atoms with E-state index in [-0.39, 0.29) is 17.4 Å². The number of aromatic nitrogens is 2. The third kappa shape index (κ3) is 6.06. The maximum atomic E-state index is 11.7. The van der Waals surface area contributed by atoms with E-state index in [1.807, 2.05) is 0 Å². The zero-order valence-corrected chi connectivity index (χ0v) is 14.9. The molecular weight excluding hydrogens is 360 g/mol. The number of ether oxygens (including phenoxy) is 3. The Balaban J connectivity index is 1.89. The van der Waals surface area contributed by atoms with Gasteiger partial charge in [0.1, 0.15) is 0 Å². The second-order valence-corrected chi connectivity index (χ2v) is 5.52. The van der Waals surface area contributed by atoms with Crippen LogP contribution in [0, 0.1) is 0 Å². The van der Waals surface area contributed by atoms with E-state index in [0.717, 1.165) is 0 Å². The molecule has 10 heteroatoms. The first-order chi connectivity index (χ1) is 12.6. The Morgan fingerprint density at radius 3 is 2.69 bits per heavy atom. The van der Waals surface area contributed by atoms with Crippen LogP contribution in [0.3, 0.4) is 0 Å². The highest BCUT2D eigenvalue weighted by atomic mass is 32.2. The van der Waals surface area contributed by atoms with E-state index in [2.05, 4.69) is 25.2 Å². The van der Waals surface area contributed by atoms with Crippen molar-refractivity contribution in [2.24, 2.45) is 5.10 Å². The number of hydrogen-bond acceptors (Lipinski definition) is 9. The van der Waals surface area contributed by atoms with Crippen molar-refractivity contribution >= 4 is 30.0 Å². The Bertz CT molecular complexity index is 785. The highest BCUT2D eigenvalue weighted by molar-refractivity contribution is 7.99. The van der Waals surface area contributed by atoms with Gasteiger partial charge in [-0.15, -0.1) is 0 Å². The predicted octanol–water partition coefficient (Wildman–Crippen LogP) is 1.87. The zero-order valence-electron chi connectivity index (χ0n) is 14.0. The highest BCUT2D eigenvalue weighted by Crippen LogP contribution is 2.27. The van der Waals surface area contributed by atoms with Crippen molar-refractivity contribution < 1.29 is 23.8 Å². The third-order valence-corrected chi connectivity index (χ3v) is 3.70. The van der Waals surface area contributed by atoms with Gasteiger partial charge in [0, 0.05) is 12.4 Å². The molecule has 0 fully saturated rings. The number of benzene rings is 1. The van der Waals surface area contributed by atoms with Crippen LogP contribution in [0.2, 0.25) is 0 Å². The molecule has 2 aromatic rings. The van der Waals surface area contributed by atoms with E-state index in [0.29, 0.717) is 16.5 Å². The second kappa shape index (κ2) is 9.99. The normalized spacial score (nSPS) is 10.4. The van der Waals surface area contributed by atoms with Crippen molar-refractivity contribution in [2.75, 3.05) is 20.0 Å². The van der Waals surface area contributed by atoms with E-state index >= 15 is 0 Å². The summed E-state index contributed by atoms with van der Waals surface area (Å²) in [5, 5.41) is 4.38. The predicted molar refractivity (Wildman–Crippen MR) is 94.5 cm³/mol. The van der Waals surface area contributed by atoms with Crippen LogP contribution >= 0.6 is 11.8 Å². The minimum absolute atomic E-state index is 0.135. The number of thioether (sulfide) groups is 1. The molecule has 1 heterocycles. The van der Waals surface area contributed by atoms with E-state index < -0.39 is 6.16 Å². The number of methoxy groups -OCH3 is 2. The van der Waals surface area contributed by atoms with Gasteiger partial charge in [-0.05, 0) is 29.8 Å². The molecule has 1 amide bonds. The molecule has 0 aliphatic rings.